The maximum absolute atomic E-state index is 6.16. The van der Waals surface area contributed by atoms with Gasteiger partial charge in [0.05, 0.1) is 11.2 Å². The first-order chi connectivity index (χ1) is 11.8. The minimum Gasteiger partial charge on any atom is -0.424 e. The molecule has 0 spiro atoms. The van der Waals surface area contributed by atoms with E-state index in [4.69, 9.17) is 16.3 Å². The van der Waals surface area contributed by atoms with E-state index in [1.54, 1.807) is 0 Å². The van der Waals surface area contributed by atoms with E-state index in [0.717, 1.165) is 22.2 Å². The van der Waals surface area contributed by atoms with Crippen LogP contribution in [0.15, 0.2) is 78.9 Å². The van der Waals surface area contributed by atoms with E-state index in [1.807, 2.05) is 78.9 Å². The van der Waals surface area contributed by atoms with Gasteiger partial charge < -0.3 is 4.74 Å². The number of rotatable bonds is 3. The molecule has 0 amide bonds. The number of hydrogen-bond acceptors (Lipinski definition) is 3. The minimum atomic E-state index is 0.315. The molecule has 0 saturated heterocycles. The highest BCUT2D eigenvalue weighted by molar-refractivity contribution is 6.31. The highest BCUT2D eigenvalue weighted by Crippen LogP contribution is 2.31. The molecule has 3 nitrogen and oxygen atoms in total. The lowest BCUT2D eigenvalue weighted by Crippen LogP contribution is -1.96. The quantitative estimate of drug-likeness (QED) is 0.479. The van der Waals surface area contributed by atoms with Crippen molar-refractivity contribution in [2.45, 2.75) is 0 Å². The summed E-state index contributed by atoms with van der Waals surface area (Å²) in [6.07, 6.45) is 0. The van der Waals surface area contributed by atoms with E-state index >= 15 is 0 Å². The Morgan fingerprint density at radius 3 is 2.21 bits per heavy atom. The average Bonchev–Trinajstić information content (AvgIpc) is 2.63. The summed E-state index contributed by atoms with van der Waals surface area (Å²) in [5.41, 5.74) is 2.58. The molecule has 0 fully saturated rings. The van der Waals surface area contributed by atoms with Crippen LogP contribution >= 0.6 is 11.6 Å². The van der Waals surface area contributed by atoms with Crippen LogP contribution in [0.4, 0.5) is 0 Å². The van der Waals surface area contributed by atoms with Crippen molar-refractivity contribution in [2.24, 2.45) is 0 Å². The van der Waals surface area contributed by atoms with Crippen LogP contribution in [0.1, 0.15) is 0 Å². The van der Waals surface area contributed by atoms with Gasteiger partial charge in [0.2, 0.25) is 0 Å². The first-order valence-corrected chi connectivity index (χ1v) is 7.93. The number of benzene rings is 3. The van der Waals surface area contributed by atoms with Crippen LogP contribution in [0, 0.1) is 0 Å². The van der Waals surface area contributed by atoms with Gasteiger partial charge in [0.25, 0.3) is 0 Å². The molecule has 0 atom stereocenters. The zero-order chi connectivity index (χ0) is 16.4. The third-order valence-electron chi connectivity index (χ3n) is 3.64. The SMILES string of the molecule is Clc1ccc2nc(Oc3ccccc3)nc(-c3ccccc3)c2c1. The van der Waals surface area contributed by atoms with Crippen LogP contribution in [-0.4, -0.2) is 9.97 Å². The molecule has 0 aliphatic heterocycles. The van der Waals surface area contributed by atoms with Gasteiger partial charge in [0.1, 0.15) is 5.75 Å². The van der Waals surface area contributed by atoms with Gasteiger partial charge in [0, 0.05) is 16.0 Å². The second-order valence-corrected chi connectivity index (χ2v) is 5.73. The van der Waals surface area contributed by atoms with Crippen LogP contribution in [0.2, 0.25) is 5.02 Å². The lowest BCUT2D eigenvalue weighted by Gasteiger charge is -2.10. The molecule has 0 N–H and O–H groups in total. The van der Waals surface area contributed by atoms with Gasteiger partial charge >= 0.3 is 6.01 Å². The molecular weight excluding hydrogens is 320 g/mol. The van der Waals surface area contributed by atoms with Crippen LogP contribution in [0.5, 0.6) is 11.8 Å². The minimum absolute atomic E-state index is 0.315. The van der Waals surface area contributed by atoms with Crippen molar-refractivity contribution < 1.29 is 4.74 Å². The Kier molecular flexibility index (Phi) is 3.85. The molecule has 0 unspecified atom stereocenters. The highest BCUT2D eigenvalue weighted by atomic mass is 35.5. The molecule has 0 aliphatic carbocycles. The molecule has 24 heavy (non-hydrogen) atoms. The maximum atomic E-state index is 6.16. The predicted molar refractivity (Wildman–Crippen MR) is 96.5 cm³/mol. The molecule has 4 aromatic rings. The Morgan fingerprint density at radius 1 is 0.750 bits per heavy atom. The molecular formula is C20H13ClN2O. The molecule has 1 heterocycles. The number of halogens is 1. The highest BCUT2D eigenvalue weighted by Gasteiger charge is 2.11. The molecule has 4 rings (SSSR count). The molecule has 4 heteroatoms. The third-order valence-corrected chi connectivity index (χ3v) is 3.87. The number of nitrogens with zero attached hydrogens (tertiary/aromatic N) is 2. The van der Waals surface area contributed by atoms with Crippen LogP contribution in [0.3, 0.4) is 0 Å². The van der Waals surface area contributed by atoms with E-state index in [2.05, 4.69) is 9.97 Å². The number of aromatic nitrogens is 2. The van der Waals surface area contributed by atoms with Crippen LogP contribution in [0.25, 0.3) is 22.2 Å². The number of ether oxygens (including phenoxy) is 1. The average molecular weight is 333 g/mol. The summed E-state index contributed by atoms with van der Waals surface area (Å²) in [4.78, 5) is 9.12. The fourth-order valence-corrected chi connectivity index (χ4v) is 2.71. The van der Waals surface area contributed by atoms with Crippen molar-refractivity contribution in [3.05, 3.63) is 83.9 Å². The van der Waals surface area contributed by atoms with Crippen molar-refractivity contribution in [1.29, 1.82) is 0 Å². The Bertz CT molecular complexity index is 988. The Labute approximate surface area is 144 Å². The predicted octanol–water partition coefficient (Wildman–Crippen LogP) is 5.74. The number of hydrogen-bond donors (Lipinski definition) is 0. The van der Waals surface area contributed by atoms with E-state index in [9.17, 15) is 0 Å². The van der Waals surface area contributed by atoms with Gasteiger partial charge in [-0.05, 0) is 30.3 Å². The van der Waals surface area contributed by atoms with Gasteiger partial charge in [-0.3, -0.25) is 0 Å². The van der Waals surface area contributed by atoms with Crippen LogP contribution < -0.4 is 4.74 Å². The van der Waals surface area contributed by atoms with Gasteiger partial charge in [-0.15, -0.1) is 0 Å². The van der Waals surface area contributed by atoms with Crippen molar-refractivity contribution in [2.75, 3.05) is 0 Å². The van der Waals surface area contributed by atoms with Crippen molar-refractivity contribution in [3.8, 4) is 23.0 Å². The Balaban J connectivity index is 1.89. The van der Waals surface area contributed by atoms with E-state index in [1.165, 1.54) is 0 Å². The molecule has 3 aromatic carbocycles. The summed E-state index contributed by atoms with van der Waals surface area (Å²) in [6.45, 7) is 0. The zero-order valence-electron chi connectivity index (χ0n) is 12.7. The normalized spacial score (nSPS) is 10.7. The number of fused-ring (bicyclic) bond motifs is 1. The first-order valence-electron chi connectivity index (χ1n) is 7.55. The molecule has 0 bridgehead atoms. The first kappa shape index (κ1) is 14.7. The summed E-state index contributed by atoms with van der Waals surface area (Å²) in [7, 11) is 0. The summed E-state index contributed by atoms with van der Waals surface area (Å²) in [6, 6.07) is 25.3. The summed E-state index contributed by atoms with van der Waals surface area (Å²) in [5, 5.41) is 1.55. The van der Waals surface area contributed by atoms with E-state index in [-0.39, 0.29) is 0 Å². The summed E-state index contributed by atoms with van der Waals surface area (Å²) in [5.74, 6) is 0.699. The van der Waals surface area contributed by atoms with Gasteiger partial charge in [-0.25, -0.2) is 0 Å². The van der Waals surface area contributed by atoms with Crippen LogP contribution in [-0.2, 0) is 0 Å². The Morgan fingerprint density at radius 2 is 1.46 bits per heavy atom. The second kappa shape index (κ2) is 6.30. The standard InChI is InChI=1S/C20H13ClN2O/c21-15-11-12-18-17(13-15)19(14-7-3-1-4-8-14)23-20(22-18)24-16-9-5-2-6-10-16/h1-13H. The molecule has 0 saturated carbocycles. The lowest BCUT2D eigenvalue weighted by molar-refractivity contribution is 0.445. The van der Waals surface area contributed by atoms with Gasteiger partial charge in [0.15, 0.2) is 0 Å². The topological polar surface area (TPSA) is 35.0 Å². The largest absolute Gasteiger partial charge is 0.424 e. The zero-order valence-corrected chi connectivity index (χ0v) is 13.4. The molecule has 116 valence electrons. The fourth-order valence-electron chi connectivity index (χ4n) is 2.54. The maximum Gasteiger partial charge on any atom is 0.323 e. The lowest BCUT2D eigenvalue weighted by atomic mass is 10.1. The van der Waals surface area contributed by atoms with E-state index in [0.29, 0.717) is 16.8 Å². The van der Waals surface area contributed by atoms with Crippen molar-refractivity contribution >= 4 is 22.5 Å². The molecule has 0 radical (unpaired) electrons. The monoisotopic (exact) mass is 332 g/mol. The fraction of sp³-hybridized carbons (Fsp3) is 0. The van der Waals surface area contributed by atoms with Crippen molar-refractivity contribution in [3.63, 3.8) is 0 Å². The Hall–Kier alpha value is -2.91. The smallest absolute Gasteiger partial charge is 0.323 e. The number of para-hydroxylation sites is 1. The van der Waals surface area contributed by atoms with Gasteiger partial charge in [-0.1, -0.05) is 60.1 Å². The van der Waals surface area contributed by atoms with Crippen molar-refractivity contribution in [1.82, 2.24) is 9.97 Å². The molecule has 0 aliphatic rings. The van der Waals surface area contributed by atoms with E-state index < -0.39 is 0 Å². The second-order valence-electron chi connectivity index (χ2n) is 5.30. The third kappa shape index (κ3) is 2.94. The summed E-state index contributed by atoms with van der Waals surface area (Å²) < 4.78 is 5.82. The summed E-state index contributed by atoms with van der Waals surface area (Å²) >= 11 is 6.16. The molecule has 1 aromatic heterocycles. The van der Waals surface area contributed by atoms with Gasteiger partial charge in [-0.2, -0.15) is 9.97 Å².